The van der Waals surface area contributed by atoms with Crippen LogP contribution in [0.1, 0.15) is 39.0 Å². The van der Waals surface area contributed by atoms with Gasteiger partial charge >= 0.3 is 0 Å². The monoisotopic (exact) mass is 249 g/mol. The molecule has 3 heteroatoms. The quantitative estimate of drug-likeness (QED) is 0.842. The van der Waals surface area contributed by atoms with Gasteiger partial charge in [-0.2, -0.15) is 0 Å². The first kappa shape index (κ1) is 13.2. The van der Waals surface area contributed by atoms with Gasteiger partial charge in [0.15, 0.2) is 11.5 Å². The summed E-state index contributed by atoms with van der Waals surface area (Å²) < 4.78 is 11.3. The summed E-state index contributed by atoms with van der Waals surface area (Å²) in [6.07, 6.45) is 5.69. The van der Waals surface area contributed by atoms with E-state index in [1.807, 2.05) is 31.2 Å². The Morgan fingerprint density at radius 1 is 1.11 bits per heavy atom. The maximum absolute atomic E-state index is 6.31. The minimum Gasteiger partial charge on any atom is -0.490 e. The van der Waals surface area contributed by atoms with E-state index in [9.17, 15) is 0 Å². The number of nitrogens with two attached hydrogens (primary N) is 1. The van der Waals surface area contributed by atoms with E-state index in [2.05, 4.69) is 0 Å². The van der Waals surface area contributed by atoms with E-state index < -0.39 is 0 Å². The van der Waals surface area contributed by atoms with E-state index in [4.69, 9.17) is 15.2 Å². The molecule has 100 valence electrons. The van der Waals surface area contributed by atoms with Gasteiger partial charge < -0.3 is 15.2 Å². The van der Waals surface area contributed by atoms with Crippen LogP contribution in [0.2, 0.25) is 0 Å². The van der Waals surface area contributed by atoms with Crippen LogP contribution < -0.4 is 15.2 Å². The number of benzene rings is 1. The van der Waals surface area contributed by atoms with Crippen LogP contribution in [0.25, 0.3) is 0 Å². The van der Waals surface area contributed by atoms with Gasteiger partial charge in [-0.05, 0) is 38.3 Å². The van der Waals surface area contributed by atoms with Crippen molar-refractivity contribution in [3.8, 4) is 11.5 Å². The summed E-state index contributed by atoms with van der Waals surface area (Å²) in [5.41, 5.74) is 6.31. The Morgan fingerprint density at radius 2 is 1.72 bits per heavy atom. The highest BCUT2D eigenvalue weighted by Crippen LogP contribution is 2.31. The van der Waals surface area contributed by atoms with Gasteiger partial charge in [-0.1, -0.05) is 25.0 Å². The fourth-order valence-corrected chi connectivity index (χ4v) is 2.54. The van der Waals surface area contributed by atoms with Crippen molar-refractivity contribution in [2.45, 2.75) is 44.6 Å². The summed E-state index contributed by atoms with van der Waals surface area (Å²) in [5.74, 6) is 1.64. The van der Waals surface area contributed by atoms with E-state index in [-0.39, 0.29) is 5.54 Å². The van der Waals surface area contributed by atoms with Crippen LogP contribution in [-0.4, -0.2) is 18.8 Å². The predicted octanol–water partition coefficient (Wildman–Crippen LogP) is 3.13. The van der Waals surface area contributed by atoms with Crippen LogP contribution in [0.15, 0.2) is 24.3 Å². The summed E-state index contributed by atoms with van der Waals surface area (Å²) in [6.45, 7) is 3.30. The van der Waals surface area contributed by atoms with Crippen LogP contribution >= 0.6 is 0 Å². The number of ether oxygens (including phenoxy) is 2. The summed E-state index contributed by atoms with van der Waals surface area (Å²) in [6, 6.07) is 7.81. The van der Waals surface area contributed by atoms with Gasteiger partial charge in [-0.25, -0.2) is 0 Å². The highest BCUT2D eigenvalue weighted by Gasteiger charge is 2.28. The Morgan fingerprint density at radius 3 is 2.33 bits per heavy atom. The van der Waals surface area contributed by atoms with Crippen LogP contribution in [0.4, 0.5) is 0 Å². The second-order valence-corrected chi connectivity index (χ2v) is 5.05. The van der Waals surface area contributed by atoms with Crippen LogP contribution in [0.3, 0.4) is 0 Å². The van der Waals surface area contributed by atoms with Crippen LogP contribution in [0, 0.1) is 0 Å². The predicted molar refractivity (Wildman–Crippen MR) is 73.1 cm³/mol. The van der Waals surface area contributed by atoms with Crippen molar-refractivity contribution in [2.75, 3.05) is 13.2 Å². The molecule has 0 aliphatic heterocycles. The van der Waals surface area contributed by atoms with Crippen LogP contribution in [-0.2, 0) is 0 Å². The maximum Gasteiger partial charge on any atom is 0.161 e. The first-order chi connectivity index (χ1) is 8.73. The minimum absolute atomic E-state index is 0.000553. The SMILES string of the molecule is CCOc1ccccc1OCCC1(N)CCCC1. The third kappa shape index (κ3) is 3.39. The Bertz CT molecular complexity index is 373. The van der Waals surface area contributed by atoms with Gasteiger partial charge in [0, 0.05) is 5.54 Å². The lowest BCUT2D eigenvalue weighted by molar-refractivity contribution is 0.241. The molecule has 0 spiro atoms. The molecule has 0 aromatic heterocycles. The van der Waals surface area contributed by atoms with Crippen molar-refractivity contribution in [3.63, 3.8) is 0 Å². The van der Waals surface area contributed by atoms with Gasteiger partial charge in [0.2, 0.25) is 0 Å². The normalized spacial score (nSPS) is 17.7. The molecule has 2 rings (SSSR count). The molecule has 0 bridgehead atoms. The second-order valence-electron chi connectivity index (χ2n) is 5.05. The fourth-order valence-electron chi connectivity index (χ4n) is 2.54. The molecule has 1 fully saturated rings. The van der Waals surface area contributed by atoms with Gasteiger partial charge in [0.25, 0.3) is 0 Å². The molecule has 0 amide bonds. The highest BCUT2D eigenvalue weighted by atomic mass is 16.5. The first-order valence-electron chi connectivity index (χ1n) is 6.87. The topological polar surface area (TPSA) is 44.5 Å². The number of para-hydroxylation sites is 2. The van der Waals surface area contributed by atoms with Gasteiger partial charge in [0.05, 0.1) is 13.2 Å². The molecule has 18 heavy (non-hydrogen) atoms. The number of rotatable bonds is 6. The zero-order valence-corrected chi connectivity index (χ0v) is 11.2. The van der Waals surface area contributed by atoms with Crippen LogP contribution in [0.5, 0.6) is 11.5 Å². The highest BCUT2D eigenvalue weighted by molar-refractivity contribution is 5.39. The molecule has 2 N–H and O–H groups in total. The summed E-state index contributed by atoms with van der Waals surface area (Å²) in [5, 5.41) is 0. The average molecular weight is 249 g/mol. The molecular formula is C15H23NO2. The molecule has 3 nitrogen and oxygen atoms in total. The molecule has 1 aliphatic carbocycles. The zero-order chi connectivity index (χ0) is 12.8. The average Bonchev–Trinajstić information content (AvgIpc) is 2.79. The third-order valence-corrected chi connectivity index (χ3v) is 3.61. The molecule has 1 saturated carbocycles. The van der Waals surface area contributed by atoms with E-state index in [1.165, 1.54) is 12.8 Å². The van der Waals surface area contributed by atoms with Crippen molar-refractivity contribution in [3.05, 3.63) is 24.3 Å². The number of hydrogen-bond donors (Lipinski definition) is 1. The lowest BCUT2D eigenvalue weighted by atomic mass is 9.95. The lowest BCUT2D eigenvalue weighted by Crippen LogP contribution is -2.37. The largest absolute Gasteiger partial charge is 0.490 e. The van der Waals surface area contributed by atoms with E-state index in [0.717, 1.165) is 30.8 Å². The molecule has 0 heterocycles. The van der Waals surface area contributed by atoms with Crippen molar-refractivity contribution >= 4 is 0 Å². The number of hydrogen-bond acceptors (Lipinski definition) is 3. The van der Waals surface area contributed by atoms with Crippen molar-refractivity contribution in [2.24, 2.45) is 5.73 Å². The molecule has 0 unspecified atom stereocenters. The molecular weight excluding hydrogens is 226 g/mol. The molecule has 1 aliphatic rings. The maximum atomic E-state index is 6.31. The van der Waals surface area contributed by atoms with Crippen molar-refractivity contribution in [1.82, 2.24) is 0 Å². The molecule has 0 atom stereocenters. The van der Waals surface area contributed by atoms with Crippen molar-refractivity contribution < 1.29 is 9.47 Å². The first-order valence-corrected chi connectivity index (χ1v) is 6.87. The molecule has 0 radical (unpaired) electrons. The van der Waals surface area contributed by atoms with Gasteiger partial charge in [0.1, 0.15) is 0 Å². The summed E-state index contributed by atoms with van der Waals surface area (Å²) >= 11 is 0. The van der Waals surface area contributed by atoms with Gasteiger partial charge in [-0.15, -0.1) is 0 Å². The minimum atomic E-state index is 0.000553. The van der Waals surface area contributed by atoms with E-state index in [1.54, 1.807) is 0 Å². The van der Waals surface area contributed by atoms with E-state index >= 15 is 0 Å². The smallest absolute Gasteiger partial charge is 0.161 e. The zero-order valence-electron chi connectivity index (χ0n) is 11.2. The second kappa shape index (κ2) is 6.10. The third-order valence-electron chi connectivity index (χ3n) is 3.61. The van der Waals surface area contributed by atoms with Gasteiger partial charge in [-0.3, -0.25) is 0 Å². The molecule has 1 aromatic carbocycles. The summed E-state index contributed by atoms with van der Waals surface area (Å²) in [7, 11) is 0. The summed E-state index contributed by atoms with van der Waals surface area (Å²) in [4.78, 5) is 0. The molecule has 0 saturated heterocycles. The lowest BCUT2D eigenvalue weighted by Gasteiger charge is -2.23. The standard InChI is InChI=1S/C15H23NO2/c1-2-17-13-7-3-4-8-14(13)18-12-11-15(16)9-5-6-10-15/h3-4,7-8H,2,5-6,9-12,16H2,1H3. The Labute approximate surface area is 109 Å². The molecule has 1 aromatic rings. The Hall–Kier alpha value is -1.22. The fraction of sp³-hybridized carbons (Fsp3) is 0.600. The van der Waals surface area contributed by atoms with E-state index in [0.29, 0.717) is 13.2 Å². The Balaban J connectivity index is 1.86. The Kier molecular flexibility index (Phi) is 4.48. The van der Waals surface area contributed by atoms with Crippen molar-refractivity contribution in [1.29, 1.82) is 0 Å².